The lowest BCUT2D eigenvalue weighted by Gasteiger charge is -2.37. The topological polar surface area (TPSA) is 43.9 Å². The molecular weight excluding hydrogens is 302 g/mol. The molecule has 1 aromatic rings. The van der Waals surface area contributed by atoms with Crippen molar-refractivity contribution < 1.29 is 9.59 Å². The second kappa shape index (κ2) is 7.34. The van der Waals surface area contributed by atoms with Crippen LogP contribution < -0.4 is 0 Å². The number of rotatable bonds is 2. The van der Waals surface area contributed by atoms with Crippen molar-refractivity contribution in [3.63, 3.8) is 0 Å². The maximum absolute atomic E-state index is 12.9. The van der Waals surface area contributed by atoms with E-state index in [2.05, 4.69) is 24.1 Å². The first-order valence-electron chi connectivity index (χ1n) is 8.87. The summed E-state index contributed by atoms with van der Waals surface area (Å²) in [5.74, 6) is 0.219. The summed E-state index contributed by atoms with van der Waals surface area (Å²) in [5, 5.41) is 0. The van der Waals surface area contributed by atoms with Crippen molar-refractivity contribution in [2.75, 3.05) is 39.8 Å². The van der Waals surface area contributed by atoms with Crippen molar-refractivity contribution >= 4 is 11.8 Å². The molecule has 1 fully saturated rings. The molecule has 1 atom stereocenters. The molecule has 1 aromatic carbocycles. The SMILES string of the molecule is CC(=O)N1CCc2ccccc2C1CC(=O)N1CCCN(C)CC1. The molecule has 1 unspecified atom stereocenters. The Bertz CT molecular complexity index is 616. The van der Waals surface area contributed by atoms with Crippen LogP contribution in [0.3, 0.4) is 0 Å². The zero-order chi connectivity index (χ0) is 17.1. The molecule has 2 aliphatic heterocycles. The van der Waals surface area contributed by atoms with E-state index in [1.54, 1.807) is 6.92 Å². The van der Waals surface area contributed by atoms with Crippen LogP contribution in [0.2, 0.25) is 0 Å². The molecule has 0 N–H and O–H groups in total. The summed E-state index contributed by atoms with van der Waals surface area (Å²) in [4.78, 5) is 31.0. The zero-order valence-electron chi connectivity index (χ0n) is 14.7. The zero-order valence-corrected chi connectivity index (χ0v) is 14.7. The van der Waals surface area contributed by atoms with Crippen LogP contribution in [0.15, 0.2) is 24.3 Å². The number of carbonyl (C=O) groups excluding carboxylic acids is 2. The molecule has 0 bridgehead atoms. The van der Waals surface area contributed by atoms with Crippen molar-refractivity contribution in [1.29, 1.82) is 0 Å². The van der Waals surface area contributed by atoms with Crippen LogP contribution in [-0.2, 0) is 16.0 Å². The van der Waals surface area contributed by atoms with Gasteiger partial charge in [-0.2, -0.15) is 0 Å². The Labute approximate surface area is 144 Å². The van der Waals surface area contributed by atoms with E-state index in [1.807, 2.05) is 21.9 Å². The van der Waals surface area contributed by atoms with Gasteiger partial charge in [-0.25, -0.2) is 0 Å². The lowest BCUT2D eigenvalue weighted by Crippen LogP contribution is -2.42. The Morgan fingerprint density at radius 3 is 2.67 bits per heavy atom. The molecule has 5 heteroatoms. The maximum Gasteiger partial charge on any atom is 0.225 e. The first kappa shape index (κ1) is 17.0. The number of hydrogen-bond donors (Lipinski definition) is 0. The van der Waals surface area contributed by atoms with Gasteiger partial charge < -0.3 is 14.7 Å². The Kier molecular flexibility index (Phi) is 5.19. The fraction of sp³-hybridized carbons (Fsp3) is 0.579. The molecular formula is C19H27N3O2. The summed E-state index contributed by atoms with van der Waals surface area (Å²) in [6.07, 6.45) is 2.27. The van der Waals surface area contributed by atoms with Gasteiger partial charge in [-0.3, -0.25) is 9.59 Å². The van der Waals surface area contributed by atoms with Gasteiger partial charge >= 0.3 is 0 Å². The minimum absolute atomic E-state index is 0.0536. The Morgan fingerprint density at radius 1 is 1.08 bits per heavy atom. The summed E-state index contributed by atoms with van der Waals surface area (Å²) < 4.78 is 0. The smallest absolute Gasteiger partial charge is 0.225 e. The third kappa shape index (κ3) is 3.61. The number of hydrogen-bond acceptors (Lipinski definition) is 3. The van der Waals surface area contributed by atoms with Crippen molar-refractivity contribution in [3.05, 3.63) is 35.4 Å². The minimum Gasteiger partial charge on any atom is -0.341 e. The molecule has 130 valence electrons. The number of carbonyl (C=O) groups is 2. The van der Waals surface area contributed by atoms with Crippen molar-refractivity contribution in [2.45, 2.75) is 32.2 Å². The molecule has 2 heterocycles. The van der Waals surface area contributed by atoms with Crippen LogP contribution >= 0.6 is 0 Å². The van der Waals surface area contributed by atoms with E-state index >= 15 is 0 Å². The highest BCUT2D eigenvalue weighted by Crippen LogP contribution is 2.32. The molecule has 2 aliphatic rings. The Balaban J connectivity index is 1.78. The number of amides is 2. The van der Waals surface area contributed by atoms with Gasteiger partial charge in [0.25, 0.3) is 0 Å². The number of fused-ring (bicyclic) bond motifs is 1. The van der Waals surface area contributed by atoms with Gasteiger partial charge in [-0.1, -0.05) is 24.3 Å². The number of benzene rings is 1. The summed E-state index contributed by atoms with van der Waals surface area (Å²) in [6.45, 7) is 5.86. The Hall–Kier alpha value is -1.88. The first-order valence-corrected chi connectivity index (χ1v) is 8.87. The molecule has 2 amide bonds. The largest absolute Gasteiger partial charge is 0.341 e. The van der Waals surface area contributed by atoms with Crippen LogP contribution in [0.1, 0.15) is 36.9 Å². The fourth-order valence-corrected chi connectivity index (χ4v) is 3.84. The van der Waals surface area contributed by atoms with Gasteiger partial charge in [0, 0.05) is 33.1 Å². The standard InChI is InChI=1S/C19H27N3O2/c1-15(23)22-11-8-16-6-3-4-7-17(16)18(22)14-19(24)21-10-5-9-20(2)12-13-21/h3-4,6-7,18H,5,8-14H2,1-2H3. The molecule has 0 radical (unpaired) electrons. The summed E-state index contributed by atoms with van der Waals surface area (Å²) in [5.41, 5.74) is 2.41. The number of nitrogens with zero attached hydrogens (tertiary/aromatic N) is 3. The van der Waals surface area contributed by atoms with Gasteiger partial charge in [-0.05, 0) is 37.6 Å². The minimum atomic E-state index is -0.124. The van der Waals surface area contributed by atoms with E-state index in [0.29, 0.717) is 13.0 Å². The van der Waals surface area contributed by atoms with Crippen LogP contribution in [0.25, 0.3) is 0 Å². The van der Waals surface area contributed by atoms with Gasteiger partial charge in [0.05, 0.1) is 12.5 Å². The molecule has 0 spiro atoms. The van der Waals surface area contributed by atoms with E-state index in [9.17, 15) is 9.59 Å². The van der Waals surface area contributed by atoms with E-state index < -0.39 is 0 Å². The average Bonchev–Trinajstić information content (AvgIpc) is 2.79. The van der Waals surface area contributed by atoms with E-state index in [0.717, 1.165) is 44.6 Å². The summed E-state index contributed by atoms with van der Waals surface area (Å²) in [6, 6.07) is 8.09. The summed E-state index contributed by atoms with van der Waals surface area (Å²) >= 11 is 0. The molecule has 24 heavy (non-hydrogen) atoms. The van der Waals surface area contributed by atoms with E-state index in [1.165, 1.54) is 5.56 Å². The molecule has 0 aliphatic carbocycles. The monoisotopic (exact) mass is 329 g/mol. The second-order valence-electron chi connectivity index (χ2n) is 6.92. The highest BCUT2D eigenvalue weighted by molar-refractivity contribution is 5.79. The van der Waals surface area contributed by atoms with Crippen molar-refractivity contribution in [3.8, 4) is 0 Å². The highest BCUT2D eigenvalue weighted by Gasteiger charge is 2.32. The average molecular weight is 329 g/mol. The third-order valence-corrected chi connectivity index (χ3v) is 5.26. The molecule has 5 nitrogen and oxygen atoms in total. The Morgan fingerprint density at radius 2 is 1.88 bits per heavy atom. The molecule has 3 rings (SSSR count). The van der Waals surface area contributed by atoms with Crippen molar-refractivity contribution in [1.82, 2.24) is 14.7 Å². The predicted molar refractivity (Wildman–Crippen MR) is 93.6 cm³/mol. The third-order valence-electron chi connectivity index (χ3n) is 5.26. The highest BCUT2D eigenvalue weighted by atomic mass is 16.2. The van der Waals surface area contributed by atoms with Gasteiger partial charge in [-0.15, -0.1) is 0 Å². The molecule has 1 saturated heterocycles. The lowest BCUT2D eigenvalue weighted by molar-refractivity contribution is -0.136. The first-order chi connectivity index (χ1) is 11.6. The quantitative estimate of drug-likeness (QED) is 0.829. The van der Waals surface area contributed by atoms with E-state index in [-0.39, 0.29) is 17.9 Å². The molecule has 0 aromatic heterocycles. The lowest BCUT2D eigenvalue weighted by atomic mass is 9.90. The van der Waals surface area contributed by atoms with Gasteiger partial charge in [0.2, 0.25) is 11.8 Å². The van der Waals surface area contributed by atoms with Crippen LogP contribution in [0.4, 0.5) is 0 Å². The second-order valence-corrected chi connectivity index (χ2v) is 6.92. The van der Waals surface area contributed by atoms with Crippen LogP contribution in [0.5, 0.6) is 0 Å². The van der Waals surface area contributed by atoms with Gasteiger partial charge in [0.15, 0.2) is 0 Å². The summed E-state index contributed by atoms with van der Waals surface area (Å²) in [7, 11) is 2.10. The number of likely N-dealkylation sites (N-methyl/N-ethyl adjacent to an activating group) is 1. The molecule has 0 saturated carbocycles. The van der Waals surface area contributed by atoms with E-state index in [4.69, 9.17) is 0 Å². The normalized spacial score (nSPS) is 22.0. The van der Waals surface area contributed by atoms with Crippen LogP contribution in [0, 0.1) is 0 Å². The van der Waals surface area contributed by atoms with Gasteiger partial charge in [0.1, 0.15) is 0 Å². The van der Waals surface area contributed by atoms with Crippen LogP contribution in [-0.4, -0.2) is 66.3 Å². The fourth-order valence-electron chi connectivity index (χ4n) is 3.84. The maximum atomic E-state index is 12.9. The van der Waals surface area contributed by atoms with Crippen molar-refractivity contribution in [2.24, 2.45) is 0 Å². The predicted octanol–water partition coefficient (Wildman–Crippen LogP) is 1.69.